The first-order valence-corrected chi connectivity index (χ1v) is 4.04. The molecular weight excluding hydrogens is 178 g/mol. The van der Waals surface area contributed by atoms with Gasteiger partial charge in [0.1, 0.15) is 0 Å². The van der Waals surface area contributed by atoms with Crippen LogP contribution in [0.2, 0.25) is 0 Å². The fourth-order valence-corrected chi connectivity index (χ4v) is 1.46. The van der Waals surface area contributed by atoms with Crippen LogP contribution in [-0.4, -0.2) is 26.2 Å². The van der Waals surface area contributed by atoms with Gasteiger partial charge in [0.2, 0.25) is 0 Å². The van der Waals surface area contributed by atoms with Crippen molar-refractivity contribution in [2.24, 2.45) is 11.8 Å². The van der Waals surface area contributed by atoms with Crippen LogP contribution in [0.5, 0.6) is 0 Å². The Morgan fingerprint density at radius 2 is 2.25 bits per heavy atom. The second-order valence-electron chi connectivity index (χ2n) is 3.10. The van der Waals surface area contributed by atoms with Gasteiger partial charge in [0, 0.05) is 6.54 Å². The van der Waals surface area contributed by atoms with E-state index in [0.717, 1.165) is 19.5 Å². The van der Waals surface area contributed by atoms with Crippen LogP contribution in [0.3, 0.4) is 0 Å². The molecular formula is C8H16ClNO2. The molecule has 0 radical (unpaired) electrons. The van der Waals surface area contributed by atoms with Gasteiger partial charge in [-0.05, 0) is 18.9 Å². The highest BCUT2D eigenvalue weighted by molar-refractivity contribution is 5.85. The Balaban J connectivity index is 0.00000121. The van der Waals surface area contributed by atoms with E-state index >= 15 is 0 Å². The summed E-state index contributed by atoms with van der Waals surface area (Å²) in [4.78, 5) is 11.1. The van der Waals surface area contributed by atoms with Gasteiger partial charge in [-0.15, -0.1) is 12.4 Å². The van der Waals surface area contributed by atoms with Crippen molar-refractivity contribution in [3.8, 4) is 0 Å². The molecule has 2 atom stereocenters. The van der Waals surface area contributed by atoms with Gasteiger partial charge >= 0.3 is 5.97 Å². The number of carbonyl (C=O) groups is 1. The predicted octanol–water partition coefficient (Wildman–Crippen LogP) is 0.827. The minimum absolute atomic E-state index is 0. The summed E-state index contributed by atoms with van der Waals surface area (Å²) in [5.74, 6) is 0.446. The molecule has 12 heavy (non-hydrogen) atoms. The third-order valence-electron chi connectivity index (χ3n) is 2.33. The summed E-state index contributed by atoms with van der Waals surface area (Å²) in [6.45, 7) is 3.89. The molecule has 0 amide bonds. The highest BCUT2D eigenvalue weighted by Gasteiger charge is 2.27. The first-order valence-electron chi connectivity index (χ1n) is 4.04. The van der Waals surface area contributed by atoms with Crippen molar-refractivity contribution in [1.82, 2.24) is 5.32 Å². The van der Waals surface area contributed by atoms with Crippen molar-refractivity contribution >= 4 is 18.4 Å². The van der Waals surface area contributed by atoms with Gasteiger partial charge in [0.25, 0.3) is 0 Å². The second kappa shape index (κ2) is 5.38. The molecule has 0 aromatic rings. The zero-order chi connectivity index (χ0) is 8.27. The predicted molar refractivity (Wildman–Crippen MR) is 49.4 cm³/mol. The van der Waals surface area contributed by atoms with E-state index in [2.05, 4.69) is 17.0 Å². The molecule has 1 fully saturated rings. The molecule has 0 saturated carbocycles. The van der Waals surface area contributed by atoms with Gasteiger partial charge in [0.05, 0.1) is 13.0 Å². The molecule has 4 heteroatoms. The van der Waals surface area contributed by atoms with E-state index in [1.165, 1.54) is 7.11 Å². The highest BCUT2D eigenvalue weighted by atomic mass is 35.5. The van der Waals surface area contributed by atoms with E-state index in [1.54, 1.807) is 0 Å². The van der Waals surface area contributed by atoms with E-state index in [0.29, 0.717) is 5.92 Å². The normalized spacial score (nSPS) is 28.8. The number of nitrogens with one attached hydrogen (secondary N) is 1. The topological polar surface area (TPSA) is 38.3 Å². The Labute approximate surface area is 79.3 Å². The van der Waals surface area contributed by atoms with Crippen LogP contribution in [0.4, 0.5) is 0 Å². The summed E-state index contributed by atoms with van der Waals surface area (Å²) >= 11 is 0. The number of hydrogen-bond acceptors (Lipinski definition) is 3. The maximum atomic E-state index is 11.1. The molecule has 1 aliphatic heterocycles. The van der Waals surface area contributed by atoms with Crippen molar-refractivity contribution in [3.63, 3.8) is 0 Å². The van der Waals surface area contributed by atoms with Crippen LogP contribution in [0.25, 0.3) is 0 Å². The summed E-state index contributed by atoms with van der Waals surface area (Å²) in [6.07, 6.45) is 1.07. The molecule has 0 aromatic heterocycles. The monoisotopic (exact) mass is 193 g/mol. The quantitative estimate of drug-likeness (QED) is 0.627. The number of halogens is 1. The van der Waals surface area contributed by atoms with Crippen LogP contribution in [0.15, 0.2) is 0 Å². The minimum Gasteiger partial charge on any atom is -0.469 e. The van der Waals surface area contributed by atoms with Gasteiger partial charge in [-0.1, -0.05) is 6.92 Å². The zero-order valence-corrected chi connectivity index (χ0v) is 8.32. The molecule has 1 heterocycles. The standard InChI is InChI=1S/C8H15NO2.ClH/c1-6-3-4-9-5-7(6)8(10)11-2;/h6-7,9H,3-5H2,1-2H3;1H/t6-,7+;/m0./s1. The summed E-state index contributed by atoms with van der Waals surface area (Å²) in [5.41, 5.74) is 0. The zero-order valence-electron chi connectivity index (χ0n) is 7.50. The molecule has 3 nitrogen and oxygen atoms in total. The Morgan fingerprint density at radius 1 is 1.58 bits per heavy atom. The van der Waals surface area contributed by atoms with Gasteiger partial charge < -0.3 is 10.1 Å². The van der Waals surface area contributed by atoms with Crippen molar-refractivity contribution in [2.75, 3.05) is 20.2 Å². The van der Waals surface area contributed by atoms with Crippen LogP contribution in [0.1, 0.15) is 13.3 Å². The fourth-order valence-electron chi connectivity index (χ4n) is 1.46. The second-order valence-corrected chi connectivity index (χ2v) is 3.10. The summed E-state index contributed by atoms with van der Waals surface area (Å²) < 4.78 is 4.68. The van der Waals surface area contributed by atoms with E-state index in [-0.39, 0.29) is 24.3 Å². The highest BCUT2D eigenvalue weighted by Crippen LogP contribution is 2.18. The Hall–Kier alpha value is -0.280. The smallest absolute Gasteiger partial charge is 0.310 e. The molecule has 1 N–H and O–H groups in total. The maximum absolute atomic E-state index is 11.1. The number of hydrogen-bond donors (Lipinski definition) is 1. The lowest BCUT2D eigenvalue weighted by atomic mass is 9.88. The van der Waals surface area contributed by atoms with Gasteiger partial charge in [-0.25, -0.2) is 0 Å². The number of carbonyl (C=O) groups excluding carboxylic acids is 1. The molecule has 0 aliphatic carbocycles. The summed E-state index contributed by atoms with van der Waals surface area (Å²) in [5, 5.41) is 3.18. The molecule has 1 saturated heterocycles. The van der Waals surface area contributed by atoms with Crippen LogP contribution >= 0.6 is 12.4 Å². The Kier molecular flexibility index (Phi) is 5.25. The lowest BCUT2D eigenvalue weighted by molar-refractivity contribution is -0.147. The fraction of sp³-hybridized carbons (Fsp3) is 0.875. The first kappa shape index (κ1) is 11.7. The average Bonchev–Trinajstić information content (AvgIpc) is 2.04. The largest absolute Gasteiger partial charge is 0.469 e. The van der Waals surface area contributed by atoms with Gasteiger partial charge in [-0.2, -0.15) is 0 Å². The van der Waals surface area contributed by atoms with E-state index in [1.807, 2.05) is 0 Å². The van der Waals surface area contributed by atoms with Crippen molar-refractivity contribution in [1.29, 1.82) is 0 Å². The number of methoxy groups -OCH3 is 1. The van der Waals surface area contributed by atoms with Crippen molar-refractivity contribution in [3.05, 3.63) is 0 Å². The third kappa shape index (κ3) is 2.64. The molecule has 0 unspecified atom stereocenters. The third-order valence-corrected chi connectivity index (χ3v) is 2.33. The van der Waals surface area contributed by atoms with Crippen molar-refractivity contribution in [2.45, 2.75) is 13.3 Å². The number of rotatable bonds is 1. The van der Waals surface area contributed by atoms with Crippen molar-refractivity contribution < 1.29 is 9.53 Å². The molecule has 0 spiro atoms. The van der Waals surface area contributed by atoms with Crippen LogP contribution < -0.4 is 5.32 Å². The first-order chi connectivity index (χ1) is 5.25. The number of ether oxygens (including phenoxy) is 1. The molecule has 1 aliphatic rings. The van der Waals surface area contributed by atoms with E-state index in [4.69, 9.17) is 0 Å². The minimum atomic E-state index is -0.0790. The maximum Gasteiger partial charge on any atom is 0.310 e. The van der Waals surface area contributed by atoms with Gasteiger partial charge in [0.15, 0.2) is 0 Å². The van der Waals surface area contributed by atoms with Crippen LogP contribution in [-0.2, 0) is 9.53 Å². The SMILES string of the molecule is COC(=O)[C@@H]1CNCC[C@@H]1C.Cl. The summed E-state index contributed by atoms with van der Waals surface area (Å²) in [7, 11) is 1.45. The summed E-state index contributed by atoms with van der Waals surface area (Å²) in [6, 6.07) is 0. The molecule has 1 rings (SSSR count). The average molecular weight is 194 g/mol. The Bertz CT molecular complexity index is 152. The lowest BCUT2D eigenvalue weighted by Crippen LogP contribution is -2.40. The molecule has 72 valence electrons. The van der Waals surface area contributed by atoms with E-state index in [9.17, 15) is 4.79 Å². The molecule has 0 aromatic carbocycles. The lowest BCUT2D eigenvalue weighted by Gasteiger charge is -2.26. The van der Waals surface area contributed by atoms with Crippen LogP contribution in [0, 0.1) is 11.8 Å². The Morgan fingerprint density at radius 3 is 2.75 bits per heavy atom. The number of piperidine rings is 1. The van der Waals surface area contributed by atoms with Gasteiger partial charge in [-0.3, -0.25) is 4.79 Å². The number of esters is 1. The molecule has 0 bridgehead atoms. The van der Waals surface area contributed by atoms with E-state index < -0.39 is 0 Å².